The summed E-state index contributed by atoms with van der Waals surface area (Å²) in [4.78, 5) is 24.2. The second-order valence-corrected chi connectivity index (χ2v) is 6.80. The number of carbonyl (C=O) groups excluding carboxylic acids is 2. The summed E-state index contributed by atoms with van der Waals surface area (Å²) in [6.07, 6.45) is 0.0241. The maximum atomic E-state index is 12.2. The Balaban J connectivity index is 1.89. The van der Waals surface area contributed by atoms with Gasteiger partial charge in [-0.15, -0.1) is 0 Å². The van der Waals surface area contributed by atoms with Crippen molar-refractivity contribution in [2.24, 2.45) is 0 Å². The summed E-state index contributed by atoms with van der Waals surface area (Å²) >= 11 is 8.40. The van der Waals surface area contributed by atoms with Gasteiger partial charge in [-0.3, -0.25) is 25.8 Å². The molecule has 6 nitrogen and oxygen atoms in total. The van der Waals surface area contributed by atoms with E-state index in [4.69, 9.17) is 17.0 Å². The number of amides is 2. The Morgan fingerprint density at radius 2 is 1.69 bits per heavy atom. The van der Waals surface area contributed by atoms with Crippen LogP contribution in [0.2, 0.25) is 0 Å². The van der Waals surface area contributed by atoms with E-state index in [1.54, 1.807) is 42.5 Å². The van der Waals surface area contributed by atoms with Crippen LogP contribution in [0.25, 0.3) is 0 Å². The van der Waals surface area contributed by atoms with Crippen molar-refractivity contribution in [1.29, 1.82) is 0 Å². The fourth-order valence-electron chi connectivity index (χ4n) is 1.97. The Labute approximate surface area is 165 Å². The van der Waals surface area contributed by atoms with Crippen LogP contribution in [0.5, 0.6) is 5.75 Å². The van der Waals surface area contributed by atoms with Crippen molar-refractivity contribution in [1.82, 2.24) is 16.2 Å². The molecule has 0 radical (unpaired) electrons. The van der Waals surface area contributed by atoms with E-state index in [9.17, 15) is 9.59 Å². The predicted molar refractivity (Wildman–Crippen MR) is 107 cm³/mol. The van der Waals surface area contributed by atoms with Crippen molar-refractivity contribution >= 4 is 45.1 Å². The summed E-state index contributed by atoms with van der Waals surface area (Å²) in [5.41, 5.74) is 5.79. The molecule has 0 saturated heterocycles. The molecule has 136 valence electrons. The maximum Gasteiger partial charge on any atom is 0.269 e. The minimum Gasteiger partial charge on any atom is -0.490 e. The third-order valence-electron chi connectivity index (χ3n) is 3.11. The summed E-state index contributed by atoms with van der Waals surface area (Å²) in [6, 6.07) is 13.6. The number of hydrogen-bond donors (Lipinski definition) is 3. The van der Waals surface area contributed by atoms with Crippen molar-refractivity contribution in [3.05, 3.63) is 64.1 Å². The molecule has 0 bridgehead atoms. The molecule has 0 aliphatic heterocycles. The lowest BCUT2D eigenvalue weighted by Gasteiger charge is -2.13. The minimum atomic E-state index is -0.409. The van der Waals surface area contributed by atoms with Gasteiger partial charge < -0.3 is 4.74 Å². The average molecular weight is 436 g/mol. The van der Waals surface area contributed by atoms with E-state index in [2.05, 4.69) is 32.1 Å². The van der Waals surface area contributed by atoms with Crippen LogP contribution < -0.4 is 20.9 Å². The summed E-state index contributed by atoms with van der Waals surface area (Å²) < 4.78 is 6.27. The maximum absolute atomic E-state index is 12.2. The molecule has 2 amide bonds. The molecule has 0 saturated carbocycles. The summed E-state index contributed by atoms with van der Waals surface area (Å²) in [7, 11) is 0. The third kappa shape index (κ3) is 5.82. The highest BCUT2D eigenvalue weighted by molar-refractivity contribution is 9.10. The van der Waals surface area contributed by atoms with Crippen molar-refractivity contribution < 1.29 is 14.3 Å². The first-order valence-corrected chi connectivity index (χ1v) is 9.00. The quantitative estimate of drug-likeness (QED) is 0.507. The number of hydrogen-bond acceptors (Lipinski definition) is 4. The number of nitrogens with one attached hydrogen (secondary N) is 3. The third-order valence-corrected chi connectivity index (χ3v) is 3.93. The van der Waals surface area contributed by atoms with Gasteiger partial charge in [-0.2, -0.15) is 0 Å². The fourth-order valence-corrected chi connectivity index (χ4v) is 2.59. The molecule has 2 aromatic carbocycles. The van der Waals surface area contributed by atoms with Gasteiger partial charge in [-0.1, -0.05) is 18.2 Å². The highest BCUT2D eigenvalue weighted by Gasteiger charge is 2.12. The van der Waals surface area contributed by atoms with Crippen molar-refractivity contribution in [2.75, 3.05) is 0 Å². The van der Waals surface area contributed by atoms with Crippen LogP contribution in [0.15, 0.2) is 53.0 Å². The zero-order chi connectivity index (χ0) is 19.1. The van der Waals surface area contributed by atoms with Crippen LogP contribution in [-0.2, 0) is 0 Å². The van der Waals surface area contributed by atoms with Crippen LogP contribution in [0.3, 0.4) is 0 Å². The molecule has 0 aliphatic rings. The first kappa shape index (κ1) is 19.9. The molecular weight excluding hydrogens is 418 g/mol. The Kier molecular flexibility index (Phi) is 7.11. The van der Waals surface area contributed by atoms with Crippen LogP contribution in [0.1, 0.15) is 34.6 Å². The van der Waals surface area contributed by atoms with Crippen LogP contribution in [-0.4, -0.2) is 23.0 Å². The number of rotatable bonds is 4. The molecule has 0 aromatic heterocycles. The molecule has 8 heteroatoms. The number of carbonyl (C=O) groups is 2. The lowest BCUT2D eigenvalue weighted by Crippen LogP contribution is -2.48. The van der Waals surface area contributed by atoms with Gasteiger partial charge in [-0.05, 0) is 72.3 Å². The first-order valence-electron chi connectivity index (χ1n) is 7.79. The smallest absolute Gasteiger partial charge is 0.269 e. The van der Waals surface area contributed by atoms with Gasteiger partial charge in [-0.25, -0.2) is 0 Å². The van der Waals surface area contributed by atoms with Gasteiger partial charge in [0.15, 0.2) is 5.11 Å². The minimum absolute atomic E-state index is 0.0158. The summed E-state index contributed by atoms with van der Waals surface area (Å²) in [5.74, 6) is -0.124. The Morgan fingerprint density at radius 1 is 1.00 bits per heavy atom. The standard InChI is InChI=1S/C18H18BrN3O3S/c1-11(2)25-15-9-8-13(10-14(15)19)16(23)20-18(26)22-21-17(24)12-6-4-3-5-7-12/h3-11H,1-2H3,(H,21,24)(H2,20,22,23,26). The zero-order valence-corrected chi connectivity index (χ0v) is 16.6. The van der Waals surface area contributed by atoms with Gasteiger partial charge in [0.2, 0.25) is 0 Å². The van der Waals surface area contributed by atoms with Crippen LogP contribution >= 0.6 is 28.1 Å². The van der Waals surface area contributed by atoms with E-state index in [-0.39, 0.29) is 17.1 Å². The van der Waals surface area contributed by atoms with Crippen LogP contribution in [0, 0.1) is 0 Å². The van der Waals surface area contributed by atoms with E-state index in [1.807, 2.05) is 19.9 Å². The van der Waals surface area contributed by atoms with Crippen molar-refractivity contribution in [3.8, 4) is 5.75 Å². The lowest BCUT2D eigenvalue weighted by molar-refractivity contribution is 0.0934. The number of benzene rings is 2. The lowest BCUT2D eigenvalue weighted by atomic mass is 10.2. The molecule has 2 rings (SSSR count). The normalized spacial score (nSPS) is 10.2. The van der Waals surface area contributed by atoms with Gasteiger partial charge in [0.25, 0.3) is 11.8 Å². The molecule has 2 aromatic rings. The Morgan fingerprint density at radius 3 is 2.31 bits per heavy atom. The first-order chi connectivity index (χ1) is 12.4. The fraction of sp³-hybridized carbons (Fsp3) is 0.167. The molecular formula is C18H18BrN3O3S. The van der Waals surface area contributed by atoms with Crippen LogP contribution in [0.4, 0.5) is 0 Å². The van der Waals surface area contributed by atoms with Gasteiger partial charge in [0.05, 0.1) is 10.6 Å². The molecule has 0 atom stereocenters. The largest absolute Gasteiger partial charge is 0.490 e. The van der Waals surface area contributed by atoms with E-state index < -0.39 is 5.91 Å². The molecule has 0 heterocycles. The average Bonchev–Trinajstić information content (AvgIpc) is 2.61. The highest BCUT2D eigenvalue weighted by atomic mass is 79.9. The number of hydrazine groups is 1. The Bertz CT molecular complexity index is 813. The Hall–Kier alpha value is -2.45. The second kappa shape index (κ2) is 9.30. The van der Waals surface area contributed by atoms with E-state index in [0.717, 1.165) is 0 Å². The topological polar surface area (TPSA) is 79.5 Å². The SMILES string of the molecule is CC(C)Oc1ccc(C(=O)NC(=S)NNC(=O)c2ccccc2)cc1Br. The molecule has 0 unspecified atom stereocenters. The molecule has 3 N–H and O–H groups in total. The van der Waals surface area contributed by atoms with Gasteiger partial charge in [0.1, 0.15) is 5.75 Å². The van der Waals surface area contributed by atoms with Crippen molar-refractivity contribution in [2.45, 2.75) is 20.0 Å². The van der Waals surface area contributed by atoms with Crippen molar-refractivity contribution in [3.63, 3.8) is 0 Å². The number of thiocarbonyl (C=S) groups is 1. The molecule has 0 spiro atoms. The molecule has 0 fully saturated rings. The van der Waals surface area contributed by atoms with Gasteiger partial charge >= 0.3 is 0 Å². The monoisotopic (exact) mass is 435 g/mol. The van der Waals surface area contributed by atoms with E-state index >= 15 is 0 Å². The number of halogens is 1. The zero-order valence-electron chi connectivity index (χ0n) is 14.2. The van der Waals surface area contributed by atoms with E-state index in [0.29, 0.717) is 21.3 Å². The summed E-state index contributed by atoms with van der Waals surface area (Å²) in [5, 5.41) is 2.48. The second-order valence-electron chi connectivity index (χ2n) is 5.54. The molecule has 26 heavy (non-hydrogen) atoms. The molecule has 0 aliphatic carbocycles. The summed E-state index contributed by atoms with van der Waals surface area (Å²) in [6.45, 7) is 3.84. The predicted octanol–water partition coefficient (Wildman–Crippen LogP) is 3.19. The van der Waals surface area contributed by atoms with Gasteiger partial charge in [0, 0.05) is 11.1 Å². The highest BCUT2D eigenvalue weighted by Crippen LogP contribution is 2.26. The van der Waals surface area contributed by atoms with E-state index in [1.165, 1.54) is 0 Å². The number of ether oxygens (including phenoxy) is 1.